The highest BCUT2D eigenvalue weighted by Crippen LogP contribution is 2.19. The number of anilines is 3. The Bertz CT molecular complexity index is 928. The summed E-state index contributed by atoms with van der Waals surface area (Å²) in [4.78, 5) is 20.9. The SMILES string of the molecule is Cc1cc(C)cc(Nc2ncc(C(=O)Nc3cc(C)ccc3C)cn2)c1. The van der Waals surface area contributed by atoms with Crippen molar-refractivity contribution in [2.45, 2.75) is 27.7 Å². The maximum Gasteiger partial charge on any atom is 0.258 e. The van der Waals surface area contributed by atoms with Crippen LogP contribution in [0.2, 0.25) is 0 Å². The highest BCUT2D eigenvalue weighted by atomic mass is 16.1. The van der Waals surface area contributed by atoms with E-state index >= 15 is 0 Å². The van der Waals surface area contributed by atoms with Crippen molar-refractivity contribution >= 4 is 23.2 Å². The van der Waals surface area contributed by atoms with E-state index in [9.17, 15) is 4.79 Å². The molecule has 0 unspecified atom stereocenters. The molecule has 0 aliphatic heterocycles. The molecule has 26 heavy (non-hydrogen) atoms. The van der Waals surface area contributed by atoms with Gasteiger partial charge in [0.05, 0.1) is 5.56 Å². The van der Waals surface area contributed by atoms with Crippen LogP contribution in [-0.4, -0.2) is 15.9 Å². The number of hydrogen-bond donors (Lipinski definition) is 2. The summed E-state index contributed by atoms with van der Waals surface area (Å²) in [5.41, 5.74) is 6.57. The fourth-order valence-electron chi connectivity index (χ4n) is 2.75. The molecule has 0 saturated carbocycles. The maximum atomic E-state index is 12.4. The molecule has 0 saturated heterocycles. The second-order valence-electron chi connectivity index (χ2n) is 6.57. The van der Waals surface area contributed by atoms with Crippen molar-refractivity contribution in [2.24, 2.45) is 0 Å². The lowest BCUT2D eigenvalue weighted by atomic mass is 10.1. The van der Waals surface area contributed by atoms with E-state index in [0.717, 1.165) is 33.6 Å². The van der Waals surface area contributed by atoms with E-state index in [1.54, 1.807) is 0 Å². The van der Waals surface area contributed by atoms with Gasteiger partial charge in [0.1, 0.15) is 0 Å². The minimum Gasteiger partial charge on any atom is -0.324 e. The van der Waals surface area contributed by atoms with E-state index in [-0.39, 0.29) is 5.91 Å². The number of amides is 1. The second-order valence-corrected chi connectivity index (χ2v) is 6.57. The third kappa shape index (κ3) is 4.25. The predicted molar refractivity (Wildman–Crippen MR) is 105 cm³/mol. The first-order valence-electron chi connectivity index (χ1n) is 8.47. The van der Waals surface area contributed by atoms with E-state index in [0.29, 0.717) is 11.5 Å². The number of nitrogens with zero attached hydrogens (tertiary/aromatic N) is 2. The first kappa shape index (κ1) is 17.6. The van der Waals surface area contributed by atoms with Gasteiger partial charge in [-0.1, -0.05) is 18.2 Å². The minimum atomic E-state index is -0.225. The molecule has 2 aromatic carbocycles. The number of carbonyl (C=O) groups is 1. The zero-order chi connectivity index (χ0) is 18.7. The van der Waals surface area contributed by atoms with Gasteiger partial charge in [-0.15, -0.1) is 0 Å². The summed E-state index contributed by atoms with van der Waals surface area (Å²) in [6, 6.07) is 12.1. The molecular formula is C21H22N4O. The average molecular weight is 346 g/mol. The number of rotatable bonds is 4. The summed E-state index contributed by atoms with van der Waals surface area (Å²) in [7, 11) is 0. The van der Waals surface area contributed by atoms with Gasteiger partial charge in [-0.2, -0.15) is 0 Å². The van der Waals surface area contributed by atoms with Gasteiger partial charge in [-0.25, -0.2) is 9.97 Å². The Hall–Kier alpha value is -3.21. The summed E-state index contributed by atoms with van der Waals surface area (Å²) >= 11 is 0. The lowest BCUT2D eigenvalue weighted by Gasteiger charge is -2.10. The van der Waals surface area contributed by atoms with Crippen molar-refractivity contribution in [2.75, 3.05) is 10.6 Å². The molecule has 5 heteroatoms. The molecular weight excluding hydrogens is 324 g/mol. The molecule has 3 aromatic rings. The average Bonchev–Trinajstić information content (AvgIpc) is 2.58. The monoisotopic (exact) mass is 346 g/mol. The Morgan fingerprint density at radius 1 is 0.846 bits per heavy atom. The molecule has 3 rings (SSSR count). The first-order valence-corrected chi connectivity index (χ1v) is 8.47. The molecule has 2 N–H and O–H groups in total. The van der Waals surface area contributed by atoms with E-state index in [1.807, 2.05) is 58.0 Å². The molecule has 0 fully saturated rings. The molecule has 0 bridgehead atoms. The summed E-state index contributed by atoms with van der Waals surface area (Å²) in [5.74, 6) is 0.231. The molecule has 1 aromatic heterocycles. The van der Waals surface area contributed by atoms with E-state index in [4.69, 9.17) is 0 Å². The standard InChI is InChI=1S/C21H22N4O/c1-13-5-6-16(4)19(10-13)25-20(26)17-11-22-21(23-12-17)24-18-8-14(2)7-15(3)9-18/h5-12H,1-4H3,(H,25,26)(H,22,23,24). The first-order chi connectivity index (χ1) is 12.4. The van der Waals surface area contributed by atoms with Crippen LogP contribution in [0, 0.1) is 27.7 Å². The van der Waals surface area contributed by atoms with E-state index < -0.39 is 0 Å². The van der Waals surface area contributed by atoms with Crippen molar-refractivity contribution in [1.29, 1.82) is 0 Å². The van der Waals surface area contributed by atoms with Gasteiger partial charge >= 0.3 is 0 Å². The second kappa shape index (κ2) is 7.35. The zero-order valence-electron chi connectivity index (χ0n) is 15.4. The third-order valence-corrected chi connectivity index (χ3v) is 4.03. The van der Waals surface area contributed by atoms with Crippen LogP contribution in [0.1, 0.15) is 32.6 Å². The number of aromatic nitrogens is 2. The predicted octanol–water partition coefficient (Wildman–Crippen LogP) is 4.71. The molecule has 5 nitrogen and oxygen atoms in total. The molecule has 0 radical (unpaired) electrons. The highest BCUT2D eigenvalue weighted by molar-refractivity contribution is 6.04. The molecule has 1 amide bonds. The molecule has 1 heterocycles. The summed E-state index contributed by atoms with van der Waals surface area (Å²) < 4.78 is 0. The van der Waals surface area contributed by atoms with Gasteiger partial charge in [0, 0.05) is 23.8 Å². The van der Waals surface area contributed by atoms with Gasteiger partial charge in [0.2, 0.25) is 5.95 Å². The lowest BCUT2D eigenvalue weighted by Crippen LogP contribution is -2.14. The molecule has 0 aliphatic carbocycles. The summed E-state index contributed by atoms with van der Waals surface area (Å²) in [6.07, 6.45) is 3.05. The fraction of sp³-hybridized carbons (Fsp3) is 0.190. The highest BCUT2D eigenvalue weighted by Gasteiger charge is 2.10. The van der Waals surface area contributed by atoms with Gasteiger partial charge in [0.25, 0.3) is 5.91 Å². The van der Waals surface area contributed by atoms with Crippen LogP contribution in [0.25, 0.3) is 0 Å². The van der Waals surface area contributed by atoms with Gasteiger partial charge in [-0.05, 0) is 68.1 Å². The van der Waals surface area contributed by atoms with Crippen LogP contribution >= 0.6 is 0 Å². The van der Waals surface area contributed by atoms with Gasteiger partial charge < -0.3 is 10.6 Å². The van der Waals surface area contributed by atoms with Gasteiger partial charge in [-0.3, -0.25) is 4.79 Å². The van der Waals surface area contributed by atoms with Crippen LogP contribution < -0.4 is 10.6 Å². The third-order valence-electron chi connectivity index (χ3n) is 4.03. The summed E-state index contributed by atoms with van der Waals surface area (Å²) in [5, 5.41) is 6.08. The number of nitrogens with one attached hydrogen (secondary N) is 2. The Labute approximate surface area is 153 Å². The van der Waals surface area contributed by atoms with Crippen LogP contribution in [0.15, 0.2) is 48.8 Å². The number of carbonyl (C=O) groups excluding carboxylic acids is 1. The molecule has 132 valence electrons. The van der Waals surface area contributed by atoms with Crippen LogP contribution in [-0.2, 0) is 0 Å². The van der Waals surface area contributed by atoms with Crippen molar-refractivity contribution in [3.63, 3.8) is 0 Å². The topological polar surface area (TPSA) is 66.9 Å². The van der Waals surface area contributed by atoms with Crippen molar-refractivity contribution in [3.05, 3.63) is 76.6 Å². The van der Waals surface area contributed by atoms with E-state index in [2.05, 4.69) is 26.7 Å². The minimum absolute atomic E-state index is 0.225. The van der Waals surface area contributed by atoms with Crippen LogP contribution in [0.4, 0.5) is 17.3 Å². The smallest absolute Gasteiger partial charge is 0.258 e. The van der Waals surface area contributed by atoms with E-state index in [1.165, 1.54) is 12.4 Å². The Morgan fingerprint density at radius 2 is 1.50 bits per heavy atom. The zero-order valence-corrected chi connectivity index (χ0v) is 15.4. The quantitative estimate of drug-likeness (QED) is 0.718. The normalized spacial score (nSPS) is 10.5. The Morgan fingerprint density at radius 3 is 2.15 bits per heavy atom. The Kier molecular flexibility index (Phi) is 4.98. The van der Waals surface area contributed by atoms with Gasteiger partial charge in [0.15, 0.2) is 0 Å². The maximum absolute atomic E-state index is 12.4. The Balaban J connectivity index is 1.72. The fourth-order valence-corrected chi connectivity index (χ4v) is 2.75. The number of hydrogen-bond acceptors (Lipinski definition) is 4. The van der Waals surface area contributed by atoms with Crippen molar-refractivity contribution in [1.82, 2.24) is 9.97 Å². The van der Waals surface area contributed by atoms with Crippen LogP contribution in [0.5, 0.6) is 0 Å². The van der Waals surface area contributed by atoms with Crippen molar-refractivity contribution < 1.29 is 4.79 Å². The summed E-state index contributed by atoms with van der Waals surface area (Å²) in [6.45, 7) is 8.04. The van der Waals surface area contributed by atoms with Crippen LogP contribution in [0.3, 0.4) is 0 Å². The number of benzene rings is 2. The largest absolute Gasteiger partial charge is 0.324 e. The molecule has 0 spiro atoms. The van der Waals surface area contributed by atoms with Crippen molar-refractivity contribution in [3.8, 4) is 0 Å². The molecule has 0 atom stereocenters. The number of aryl methyl sites for hydroxylation is 4. The lowest BCUT2D eigenvalue weighted by molar-refractivity contribution is 0.102. The molecule has 0 aliphatic rings.